The molecule has 0 aliphatic carbocycles. The molecule has 24 heavy (non-hydrogen) atoms. The van der Waals surface area contributed by atoms with E-state index in [0.717, 1.165) is 5.82 Å². The molecule has 0 amide bonds. The van der Waals surface area contributed by atoms with Gasteiger partial charge in [0.05, 0.1) is 18.3 Å². The molecule has 0 atom stereocenters. The Hall–Kier alpha value is -2.53. The summed E-state index contributed by atoms with van der Waals surface area (Å²) in [6.45, 7) is 2.79. The van der Waals surface area contributed by atoms with Crippen molar-refractivity contribution in [3.63, 3.8) is 0 Å². The standard InChI is InChI=1S/C18H18ClN3O2/c1-3-24-18(23)15-11-20-22-16(15)9-14(19)10-17(22)21(2)12-13-7-5-4-6-8-13/h4-11H,3,12H2,1-2H3. The van der Waals surface area contributed by atoms with Crippen molar-refractivity contribution >= 4 is 28.9 Å². The number of benzene rings is 1. The van der Waals surface area contributed by atoms with Crippen LogP contribution >= 0.6 is 11.6 Å². The van der Waals surface area contributed by atoms with Crippen molar-refractivity contribution in [2.75, 3.05) is 18.6 Å². The lowest BCUT2D eigenvalue weighted by molar-refractivity contribution is 0.0528. The number of rotatable bonds is 5. The van der Waals surface area contributed by atoms with Gasteiger partial charge < -0.3 is 9.64 Å². The largest absolute Gasteiger partial charge is 0.462 e. The van der Waals surface area contributed by atoms with E-state index in [1.807, 2.05) is 36.2 Å². The highest BCUT2D eigenvalue weighted by Gasteiger charge is 2.18. The van der Waals surface area contributed by atoms with E-state index in [-0.39, 0.29) is 0 Å². The van der Waals surface area contributed by atoms with Gasteiger partial charge in [0.25, 0.3) is 0 Å². The lowest BCUT2D eigenvalue weighted by atomic mass is 10.2. The maximum atomic E-state index is 12.1. The van der Waals surface area contributed by atoms with Crippen LogP contribution in [-0.2, 0) is 11.3 Å². The molecule has 0 aliphatic rings. The Morgan fingerprint density at radius 2 is 2.04 bits per heavy atom. The molecule has 6 heteroatoms. The highest BCUT2D eigenvalue weighted by Crippen LogP contribution is 2.25. The van der Waals surface area contributed by atoms with Crippen molar-refractivity contribution in [2.45, 2.75) is 13.5 Å². The predicted octanol–water partition coefficient (Wildman–Crippen LogP) is 3.80. The highest BCUT2D eigenvalue weighted by molar-refractivity contribution is 6.31. The molecule has 124 valence electrons. The summed E-state index contributed by atoms with van der Waals surface area (Å²) in [6, 6.07) is 13.7. The third kappa shape index (κ3) is 3.21. The van der Waals surface area contributed by atoms with Crippen molar-refractivity contribution in [2.24, 2.45) is 0 Å². The number of anilines is 1. The van der Waals surface area contributed by atoms with Gasteiger partial charge in [-0.1, -0.05) is 41.9 Å². The van der Waals surface area contributed by atoms with Crippen LogP contribution in [0.1, 0.15) is 22.8 Å². The second-order valence-electron chi connectivity index (χ2n) is 5.45. The van der Waals surface area contributed by atoms with Crippen molar-refractivity contribution < 1.29 is 9.53 Å². The first-order chi connectivity index (χ1) is 11.6. The Morgan fingerprint density at radius 3 is 2.75 bits per heavy atom. The fourth-order valence-corrected chi connectivity index (χ4v) is 2.81. The summed E-state index contributed by atoms with van der Waals surface area (Å²) in [5.74, 6) is 0.406. The zero-order valence-electron chi connectivity index (χ0n) is 13.6. The predicted molar refractivity (Wildman–Crippen MR) is 94.7 cm³/mol. The average molecular weight is 344 g/mol. The number of pyridine rings is 1. The third-order valence-electron chi connectivity index (χ3n) is 3.71. The quantitative estimate of drug-likeness (QED) is 0.661. The number of hydrogen-bond acceptors (Lipinski definition) is 4. The molecule has 0 aliphatic heterocycles. The fourth-order valence-electron chi connectivity index (χ4n) is 2.61. The lowest BCUT2D eigenvalue weighted by Gasteiger charge is -2.20. The number of nitrogens with zero attached hydrogens (tertiary/aromatic N) is 3. The van der Waals surface area contributed by atoms with Gasteiger partial charge in [-0.05, 0) is 24.6 Å². The molecule has 0 bridgehead atoms. The topological polar surface area (TPSA) is 46.8 Å². The van der Waals surface area contributed by atoms with E-state index in [1.165, 1.54) is 11.8 Å². The van der Waals surface area contributed by atoms with Gasteiger partial charge in [0.1, 0.15) is 11.4 Å². The van der Waals surface area contributed by atoms with Crippen molar-refractivity contribution in [3.8, 4) is 0 Å². The molecule has 0 unspecified atom stereocenters. The summed E-state index contributed by atoms with van der Waals surface area (Å²) in [6.07, 6.45) is 1.52. The van der Waals surface area contributed by atoms with Crippen molar-refractivity contribution in [1.82, 2.24) is 9.61 Å². The number of esters is 1. The lowest BCUT2D eigenvalue weighted by Crippen LogP contribution is -2.19. The van der Waals surface area contributed by atoms with Crippen LogP contribution in [0.15, 0.2) is 48.7 Å². The Kier molecular flexibility index (Phi) is 4.71. The van der Waals surface area contributed by atoms with Gasteiger partial charge >= 0.3 is 5.97 Å². The van der Waals surface area contributed by atoms with Gasteiger partial charge in [-0.3, -0.25) is 0 Å². The molecule has 0 saturated carbocycles. The number of carbonyl (C=O) groups is 1. The second kappa shape index (κ2) is 6.93. The van der Waals surface area contributed by atoms with Crippen LogP contribution in [0.25, 0.3) is 5.52 Å². The van der Waals surface area contributed by atoms with Gasteiger partial charge in [0.15, 0.2) is 0 Å². The Labute approximate surface area is 145 Å². The summed E-state index contributed by atoms with van der Waals surface area (Å²) in [5.41, 5.74) is 2.22. The molecular formula is C18H18ClN3O2. The summed E-state index contributed by atoms with van der Waals surface area (Å²) >= 11 is 6.26. The van der Waals surface area contributed by atoms with E-state index < -0.39 is 5.97 Å². The highest BCUT2D eigenvalue weighted by atomic mass is 35.5. The molecule has 3 aromatic rings. The van der Waals surface area contributed by atoms with E-state index in [4.69, 9.17) is 16.3 Å². The number of hydrogen-bond donors (Lipinski definition) is 0. The van der Waals surface area contributed by atoms with E-state index >= 15 is 0 Å². The molecule has 5 nitrogen and oxygen atoms in total. The van der Waals surface area contributed by atoms with Gasteiger partial charge in [-0.25, -0.2) is 9.31 Å². The number of fused-ring (bicyclic) bond motifs is 1. The Bertz CT molecular complexity index is 861. The van der Waals surface area contributed by atoms with Crippen LogP contribution in [0.5, 0.6) is 0 Å². The number of halogens is 1. The Morgan fingerprint density at radius 1 is 1.29 bits per heavy atom. The SMILES string of the molecule is CCOC(=O)c1cnn2c(N(C)Cc3ccccc3)cc(Cl)cc12. The second-order valence-corrected chi connectivity index (χ2v) is 5.89. The molecular weight excluding hydrogens is 326 g/mol. The molecule has 0 N–H and O–H groups in total. The first kappa shape index (κ1) is 16.3. The monoisotopic (exact) mass is 343 g/mol. The first-order valence-corrected chi connectivity index (χ1v) is 8.07. The molecule has 2 heterocycles. The van der Waals surface area contributed by atoms with Gasteiger partial charge in [0, 0.05) is 18.6 Å². The number of ether oxygens (including phenoxy) is 1. The molecule has 0 fully saturated rings. The molecule has 0 radical (unpaired) electrons. The molecule has 0 spiro atoms. The minimum absolute atomic E-state index is 0.317. The first-order valence-electron chi connectivity index (χ1n) is 7.69. The smallest absolute Gasteiger partial charge is 0.341 e. The molecule has 1 aromatic carbocycles. The third-order valence-corrected chi connectivity index (χ3v) is 3.93. The van der Waals surface area contributed by atoms with Crippen LogP contribution in [0.4, 0.5) is 5.82 Å². The van der Waals surface area contributed by atoms with E-state index in [9.17, 15) is 4.79 Å². The summed E-state index contributed by atoms with van der Waals surface area (Å²) < 4.78 is 6.79. The van der Waals surface area contributed by atoms with Crippen molar-refractivity contribution in [1.29, 1.82) is 0 Å². The molecule has 0 saturated heterocycles. The normalized spacial score (nSPS) is 10.8. The summed E-state index contributed by atoms with van der Waals surface area (Å²) in [7, 11) is 1.96. The van der Waals surface area contributed by atoms with Crippen LogP contribution in [-0.4, -0.2) is 29.2 Å². The maximum absolute atomic E-state index is 12.1. The van der Waals surface area contributed by atoms with Crippen LogP contribution in [0, 0.1) is 0 Å². The number of aromatic nitrogens is 2. The fraction of sp³-hybridized carbons (Fsp3) is 0.222. The zero-order chi connectivity index (χ0) is 17.1. The van der Waals surface area contributed by atoms with E-state index in [1.54, 1.807) is 17.5 Å². The van der Waals surface area contributed by atoms with Crippen LogP contribution < -0.4 is 4.90 Å². The summed E-state index contributed by atoms with van der Waals surface area (Å²) in [4.78, 5) is 14.1. The summed E-state index contributed by atoms with van der Waals surface area (Å²) in [5, 5.41) is 4.89. The minimum Gasteiger partial charge on any atom is -0.462 e. The number of carbonyl (C=O) groups excluding carboxylic acids is 1. The van der Waals surface area contributed by atoms with Gasteiger partial charge in [-0.2, -0.15) is 5.10 Å². The Balaban J connectivity index is 2.00. The van der Waals surface area contributed by atoms with Crippen molar-refractivity contribution in [3.05, 3.63) is 64.8 Å². The van der Waals surface area contributed by atoms with E-state index in [2.05, 4.69) is 17.2 Å². The van der Waals surface area contributed by atoms with Crippen LogP contribution in [0.3, 0.4) is 0 Å². The zero-order valence-corrected chi connectivity index (χ0v) is 14.3. The maximum Gasteiger partial charge on any atom is 0.341 e. The minimum atomic E-state index is -0.397. The molecule has 3 rings (SSSR count). The average Bonchev–Trinajstić information content (AvgIpc) is 2.99. The molecule has 2 aromatic heterocycles. The van der Waals surface area contributed by atoms with E-state index in [0.29, 0.717) is 29.3 Å². The van der Waals surface area contributed by atoms with Gasteiger partial charge in [-0.15, -0.1) is 0 Å². The van der Waals surface area contributed by atoms with Gasteiger partial charge in [0.2, 0.25) is 0 Å². The van der Waals surface area contributed by atoms with Crippen LogP contribution in [0.2, 0.25) is 5.02 Å².